The van der Waals surface area contributed by atoms with Gasteiger partial charge in [-0.1, -0.05) is 35.0 Å². The second-order valence-electron chi connectivity index (χ2n) is 3.74. The molecule has 0 aliphatic carbocycles. The normalized spacial score (nSPS) is 11.7. The summed E-state index contributed by atoms with van der Waals surface area (Å²) in [6.45, 7) is 2.10. The highest BCUT2D eigenvalue weighted by Crippen LogP contribution is 2.14. The number of amidine groups is 1. The van der Waals surface area contributed by atoms with E-state index < -0.39 is 0 Å². The van der Waals surface area contributed by atoms with Crippen molar-refractivity contribution in [3.63, 3.8) is 0 Å². The van der Waals surface area contributed by atoms with Crippen LogP contribution in [0.4, 0.5) is 0 Å². The molecular formula is C12H18N2OS. The molecule has 88 valence electrons. The molecule has 0 aliphatic heterocycles. The number of aryl methyl sites for hydroxylation is 1. The molecule has 0 aromatic heterocycles. The molecule has 0 amide bonds. The quantitative estimate of drug-likeness (QED) is 0.263. The van der Waals surface area contributed by atoms with Crippen molar-refractivity contribution in [2.75, 3.05) is 5.75 Å². The Bertz CT molecular complexity index is 353. The molecule has 3 N–H and O–H groups in total. The van der Waals surface area contributed by atoms with E-state index in [0.29, 0.717) is 12.3 Å². The van der Waals surface area contributed by atoms with Gasteiger partial charge in [0, 0.05) is 12.2 Å². The maximum atomic E-state index is 8.36. The molecule has 4 heteroatoms. The van der Waals surface area contributed by atoms with Crippen LogP contribution in [0.25, 0.3) is 0 Å². The van der Waals surface area contributed by atoms with E-state index in [1.165, 1.54) is 11.1 Å². The number of benzene rings is 1. The molecule has 1 aromatic carbocycles. The van der Waals surface area contributed by atoms with Gasteiger partial charge in [0.15, 0.2) is 0 Å². The molecule has 0 saturated carbocycles. The third-order valence-corrected chi connectivity index (χ3v) is 3.32. The van der Waals surface area contributed by atoms with E-state index >= 15 is 0 Å². The number of rotatable bonds is 6. The zero-order valence-corrected chi connectivity index (χ0v) is 10.3. The minimum Gasteiger partial charge on any atom is -0.409 e. The van der Waals surface area contributed by atoms with Gasteiger partial charge >= 0.3 is 0 Å². The second-order valence-corrected chi connectivity index (χ2v) is 4.84. The first kappa shape index (κ1) is 12.9. The monoisotopic (exact) mass is 238 g/mol. The standard InChI is InChI=1S/C12H18N2OS/c1-10-4-2-5-11(8-10)9-16-7-3-6-12(13)14-15/h2,4-5,8,15H,3,6-7,9H2,1H3,(H2,13,14). The summed E-state index contributed by atoms with van der Waals surface area (Å²) in [5, 5.41) is 11.3. The average molecular weight is 238 g/mol. The number of hydrogen-bond donors (Lipinski definition) is 2. The van der Waals surface area contributed by atoms with Gasteiger partial charge in [-0.25, -0.2) is 0 Å². The van der Waals surface area contributed by atoms with Crippen LogP contribution in [-0.2, 0) is 5.75 Å². The largest absolute Gasteiger partial charge is 0.409 e. The molecule has 0 fully saturated rings. The van der Waals surface area contributed by atoms with Gasteiger partial charge in [-0.2, -0.15) is 11.8 Å². The van der Waals surface area contributed by atoms with Gasteiger partial charge in [0.2, 0.25) is 0 Å². The fraction of sp³-hybridized carbons (Fsp3) is 0.417. The minimum atomic E-state index is 0.316. The number of oxime groups is 1. The van der Waals surface area contributed by atoms with Crippen molar-refractivity contribution in [1.29, 1.82) is 0 Å². The molecule has 0 saturated heterocycles. The van der Waals surface area contributed by atoms with E-state index in [-0.39, 0.29) is 0 Å². The molecule has 0 radical (unpaired) electrons. The molecule has 0 unspecified atom stereocenters. The predicted octanol–water partition coefficient (Wildman–Crippen LogP) is 2.75. The lowest BCUT2D eigenvalue weighted by Crippen LogP contribution is -2.11. The summed E-state index contributed by atoms with van der Waals surface area (Å²) in [6.07, 6.45) is 1.61. The molecule has 0 spiro atoms. The third kappa shape index (κ3) is 5.07. The Hall–Kier alpha value is -1.16. The van der Waals surface area contributed by atoms with E-state index in [2.05, 4.69) is 36.3 Å². The van der Waals surface area contributed by atoms with Crippen LogP contribution >= 0.6 is 11.8 Å². The molecule has 0 heterocycles. The van der Waals surface area contributed by atoms with Gasteiger partial charge in [-0.15, -0.1) is 0 Å². The number of hydrogen-bond acceptors (Lipinski definition) is 3. The smallest absolute Gasteiger partial charge is 0.139 e. The van der Waals surface area contributed by atoms with Gasteiger partial charge < -0.3 is 10.9 Å². The van der Waals surface area contributed by atoms with Crippen LogP contribution < -0.4 is 5.73 Å². The first-order chi connectivity index (χ1) is 7.72. The predicted molar refractivity (Wildman–Crippen MR) is 70.0 cm³/mol. The van der Waals surface area contributed by atoms with Crippen LogP contribution in [0.5, 0.6) is 0 Å². The van der Waals surface area contributed by atoms with Crippen LogP contribution in [0.15, 0.2) is 29.4 Å². The first-order valence-electron chi connectivity index (χ1n) is 5.32. The lowest BCUT2D eigenvalue weighted by Gasteiger charge is -2.02. The summed E-state index contributed by atoms with van der Waals surface area (Å²) in [5.74, 6) is 2.37. The molecular weight excluding hydrogens is 220 g/mol. The van der Waals surface area contributed by atoms with Crippen LogP contribution in [-0.4, -0.2) is 16.8 Å². The number of nitrogens with two attached hydrogens (primary N) is 1. The van der Waals surface area contributed by atoms with Crippen molar-refractivity contribution in [2.45, 2.75) is 25.5 Å². The van der Waals surface area contributed by atoms with Crippen LogP contribution in [0.2, 0.25) is 0 Å². The second kappa shape index (κ2) is 7.17. The van der Waals surface area contributed by atoms with Gasteiger partial charge in [-0.05, 0) is 24.7 Å². The van der Waals surface area contributed by atoms with Gasteiger partial charge in [0.25, 0.3) is 0 Å². The summed E-state index contributed by atoms with van der Waals surface area (Å²) in [5.41, 5.74) is 8.03. The first-order valence-corrected chi connectivity index (χ1v) is 6.47. The fourth-order valence-corrected chi connectivity index (χ4v) is 2.31. The van der Waals surface area contributed by atoms with Crippen molar-refractivity contribution in [3.8, 4) is 0 Å². The van der Waals surface area contributed by atoms with Crippen molar-refractivity contribution in [2.24, 2.45) is 10.9 Å². The Labute approximate surface area is 101 Å². The minimum absolute atomic E-state index is 0.316. The van der Waals surface area contributed by atoms with Crippen LogP contribution in [0, 0.1) is 6.92 Å². The zero-order chi connectivity index (χ0) is 11.8. The summed E-state index contributed by atoms with van der Waals surface area (Å²) >= 11 is 1.88. The van der Waals surface area contributed by atoms with Crippen molar-refractivity contribution < 1.29 is 5.21 Å². The summed E-state index contributed by atoms with van der Waals surface area (Å²) in [7, 11) is 0. The Morgan fingerprint density at radius 3 is 3.00 bits per heavy atom. The Morgan fingerprint density at radius 1 is 1.50 bits per heavy atom. The number of thioether (sulfide) groups is 1. The zero-order valence-electron chi connectivity index (χ0n) is 9.52. The SMILES string of the molecule is Cc1cccc(CSCCCC(N)=NO)c1. The molecule has 16 heavy (non-hydrogen) atoms. The van der Waals surface area contributed by atoms with Crippen LogP contribution in [0.1, 0.15) is 24.0 Å². The van der Waals surface area contributed by atoms with Crippen molar-refractivity contribution in [1.82, 2.24) is 0 Å². The van der Waals surface area contributed by atoms with E-state index in [0.717, 1.165) is 17.9 Å². The van der Waals surface area contributed by atoms with Gasteiger partial charge in [0.1, 0.15) is 5.84 Å². The van der Waals surface area contributed by atoms with Gasteiger partial charge in [0.05, 0.1) is 0 Å². The van der Waals surface area contributed by atoms with E-state index in [1.54, 1.807) is 0 Å². The maximum absolute atomic E-state index is 8.36. The van der Waals surface area contributed by atoms with E-state index in [4.69, 9.17) is 10.9 Å². The lowest BCUT2D eigenvalue weighted by atomic mass is 10.2. The highest BCUT2D eigenvalue weighted by molar-refractivity contribution is 7.98. The summed E-state index contributed by atoms with van der Waals surface area (Å²) in [4.78, 5) is 0. The Kier molecular flexibility index (Phi) is 5.78. The molecule has 1 aromatic rings. The number of nitrogens with zero attached hydrogens (tertiary/aromatic N) is 1. The topological polar surface area (TPSA) is 58.6 Å². The fourth-order valence-electron chi connectivity index (χ4n) is 1.40. The molecule has 0 bridgehead atoms. The highest BCUT2D eigenvalue weighted by atomic mass is 32.2. The van der Waals surface area contributed by atoms with Crippen molar-refractivity contribution in [3.05, 3.63) is 35.4 Å². The molecule has 1 rings (SSSR count). The molecule has 3 nitrogen and oxygen atoms in total. The third-order valence-electron chi connectivity index (χ3n) is 2.20. The molecule has 0 atom stereocenters. The van der Waals surface area contributed by atoms with E-state index in [1.807, 2.05) is 11.8 Å². The van der Waals surface area contributed by atoms with E-state index in [9.17, 15) is 0 Å². The average Bonchev–Trinajstić information content (AvgIpc) is 2.28. The summed E-state index contributed by atoms with van der Waals surface area (Å²) in [6, 6.07) is 8.54. The highest BCUT2D eigenvalue weighted by Gasteiger charge is 1.96. The molecule has 0 aliphatic rings. The van der Waals surface area contributed by atoms with Crippen molar-refractivity contribution >= 4 is 17.6 Å². The van der Waals surface area contributed by atoms with Crippen LogP contribution in [0.3, 0.4) is 0 Å². The summed E-state index contributed by atoms with van der Waals surface area (Å²) < 4.78 is 0. The lowest BCUT2D eigenvalue weighted by molar-refractivity contribution is 0.317. The Morgan fingerprint density at radius 2 is 2.31 bits per heavy atom. The maximum Gasteiger partial charge on any atom is 0.139 e. The van der Waals surface area contributed by atoms with Gasteiger partial charge in [-0.3, -0.25) is 0 Å². The Balaban J connectivity index is 2.16.